The molecule has 0 saturated carbocycles. The minimum absolute atomic E-state index is 0.0850. The first kappa shape index (κ1) is 11.8. The van der Waals surface area contributed by atoms with Crippen LogP contribution in [0.3, 0.4) is 0 Å². The summed E-state index contributed by atoms with van der Waals surface area (Å²) in [6.45, 7) is 1.19. The quantitative estimate of drug-likeness (QED) is 0.775. The summed E-state index contributed by atoms with van der Waals surface area (Å²) in [6.07, 6.45) is -2.74. The summed E-state index contributed by atoms with van der Waals surface area (Å²) in [5.74, 6) is -0.483. The monoisotopic (exact) mass is 273 g/mol. The lowest BCUT2D eigenvalue weighted by Gasteiger charge is -2.08. The van der Waals surface area contributed by atoms with Gasteiger partial charge in [0.05, 0.1) is 11.6 Å². The fourth-order valence-electron chi connectivity index (χ4n) is 1.20. The maximum Gasteiger partial charge on any atom is 0.265 e. The first-order valence-corrected chi connectivity index (χ1v) is 4.79. The van der Waals surface area contributed by atoms with Gasteiger partial charge in [-0.3, -0.25) is 4.79 Å². The van der Waals surface area contributed by atoms with Crippen molar-refractivity contribution in [1.29, 1.82) is 5.26 Å². The molecule has 15 heavy (non-hydrogen) atoms. The number of hydrogen-bond acceptors (Lipinski definition) is 2. The highest BCUT2D eigenvalue weighted by Crippen LogP contribution is 2.32. The van der Waals surface area contributed by atoms with Gasteiger partial charge in [0.2, 0.25) is 0 Å². The maximum atomic E-state index is 12.6. The summed E-state index contributed by atoms with van der Waals surface area (Å²) >= 11 is 2.92. The number of hydrogen-bond donors (Lipinski definition) is 0. The Morgan fingerprint density at radius 2 is 2.13 bits per heavy atom. The number of halogens is 3. The minimum Gasteiger partial charge on any atom is -0.294 e. The zero-order valence-electron chi connectivity index (χ0n) is 7.72. The van der Waals surface area contributed by atoms with Crippen LogP contribution in [-0.4, -0.2) is 5.78 Å². The predicted octanol–water partition coefficient (Wildman–Crippen LogP) is 3.46. The number of nitriles is 1. The third-order valence-corrected chi connectivity index (χ3v) is 2.51. The van der Waals surface area contributed by atoms with Gasteiger partial charge in [-0.2, -0.15) is 5.26 Å². The molecule has 1 aromatic carbocycles. The van der Waals surface area contributed by atoms with Crippen molar-refractivity contribution in [2.75, 3.05) is 0 Å². The molecule has 0 N–H and O–H groups in total. The van der Waals surface area contributed by atoms with E-state index in [1.54, 1.807) is 6.07 Å². The Bertz CT molecular complexity index is 451. The summed E-state index contributed by atoms with van der Waals surface area (Å²) in [5, 5.41) is 8.63. The molecular weight excluding hydrogens is 268 g/mol. The summed E-state index contributed by atoms with van der Waals surface area (Å²) in [5.41, 5.74) is -0.297. The molecule has 0 radical (unpaired) electrons. The largest absolute Gasteiger partial charge is 0.294 e. The van der Waals surface area contributed by atoms with Crippen molar-refractivity contribution in [1.82, 2.24) is 0 Å². The van der Waals surface area contributed by atoms with Crippen molar-refractivity contribution in [2.24, 2.45) is 0 Å². The maximum absolute atomic E-state index is 12.6. The molecule has 5 heteroatoms. The Balaban J connectivity index is 3.51. The molecule has 1 rings (SSSR count). The topological polar surface area (TPSA) is 40.9 Å². The van der Waals surface area contributed by atoms with Gasteiger partial charge < -0.3 is 0 Å². The first-order valence-electron chi connectivity index (χ1n) is 4.00. The van der Waals surface area contributed by atoms with Gasteiger partial charge in [-0.1, -0.05) is 15.9 Å². The van der Waals surface area contributed by atoms with Gasteiger partial charge in [-0.25, -0.2) is 8.78 Å². The van der Waals surface area contributed by atoms with Crippen LogP contribution in [0, 0.1) is 11.3 Å². The third-order valence-electron chi connectivity index (χ3n) is 1.86. The zero-order valence-corrected chi connectivity index (χ0v) is 9.31. The number of carbonyl (C=O) groups is 1. The van der Waals surface area contributed by atoms with E-state index >= 15 is 0 Å². The molecule has 78 valence electrons. The molecule has 0 spiro atoms. The van der Waals surface area contributed by atoms with Crippen LogP contribution in [0.4, 0.5) is 8.78 Å². The van der Waals surface area contributed by atoms with E-state index in [9.17, 15) is 13.6 Å². The molecule has 0 aliphatic rings. The molecule has 0 aliphatic carbocycles. The molecule has 0 fully saturated rings. The van der Waals surface area contributed by atoms with E-state index < -0.39 is 12.2 Å². The number of Topliss-reactive ketones (excluding diaryl/α,β-unsaturated/α-hetero) is 1. The molecule has 0 atom stereocenters. The van der Waals surface area contributed by atoms with Gasteiger partial charge in [0.25, 0.3) is 6.43 Å². The summed E-state index contributed by atoms with van der Waals surface area (Å²) in [4.78, 5) is 11.1. The van der Waals surface area contributed by atoms with Crippen LogP contribution in [0.1, 0.15) is 34.8 Å². The van der Waals surface area contributed by atoms with E-state index in [-0.39, 0.29) is 21.2 Å². The van der Waals surface area contributed by atoms with Crippen LogP contribution in [-0.2, 0) is 0 Å². The van der Waals surface area contributed by atoms with E-state index in [4.69, 9.17) is 5.26 Å². The molecular formula is C10H6BrF2NO. The van der Waals surface area contributed by atoms with Crippen LogP contribution in [0.2, 0.25) is 0 Å². The van der Waals surface area contributed by atoms with E-state index in [1.807, 2.05) is 0 Å². The standard InChI is InChI=1S/C10H6BrF2NO/c1-5(15)7-2-6(4-14)3-8(11)9(7)10(12)13/h2-3,10H,1H3. The van der Waals surface area contributed by atoms with Crippen LogP contribution < -0.4 is 0 Å². The van der Waals surface area contributed by atoms with Gasteiger partial charge in [-0.05, 0) is 19.1 Å². The molecule has 2 nitrogen and oxygen atoms in total. The Hall–Kier alpha value is -1.28. The van der Waals surface area contributed by atoms with E-state index in [2.05, 4.69) is 15.9 Å². The lowest BCUT2D eigenvalue weighted by molar-refractivity contribution is 0.0998. The Morgan fingerprint density at radius 1 is 1.53 bits per heavy atom. The normalized spacial score (nSPS) is 10.1. The summed E-state index contributed by atoms with van der Waals surface area (Å²) in [6, 6.07) is 4.25. The molecule has 0 heterocycles. The van der Waals surface area contributed by atoms with E-state index in [0.29, 0.717) is 0 Å². The highest BCUT2D eigenvalue weighted by Gasteiger charge is 2.20. The van der Waals surface area contributed by atoms with Crippen molar-refractivity contribution in [3.8, 4) is 6.07 Å². The fourth-order valence-corrected chi connectivity index (χ4v) is 1.83. The van der Waals surface area contributed by atoms with E-state index in [0.717, 1.165) is 0 Å². The Kier molecular flexibility index (Phi) is 3.53. The second kappa shape index (κ2) is 4.49. The van der Waals surface area contributed by atoms with Crippen molar-refractivity contribution in [2.45, 2.75) is 13.3 Å². The van der Waals surface area contributed by atoms with Crippen molar-refractivity contribution >= 4 is 21.7 Å². The number of benzene rings is 1. The first-order chi connectivity index (χ1) is 6.97. The van der Waals surface area contributed by atoms with Gasteiger partial charge in [-0.15, -0.1) is 0 Å². The van der Waals surface area contributed by atoms with Crippen LogP contribution in [0.25, 0.3) is 0 Å². The Morgan fingerprint density at radius 3 is 2.53 bits per heavy atom. The molecule has 0 amide bonds. The van der Waals surface area contributed by atoms with Gasteiger partial charge >= 0.3 is 0 Å². The molecule has 0 saturated heterocycles. The molecule has 0 aliphatic heterocycles. The van der Waals surface area contributed by atoms with Crippen LogP contribution in [0.5, 0.6) is 0 Å². The highest BCUT2D eigenvalue weighted by atomic mass is 79.9. The van der Waals surface area contributed by atoms with Crippen molar-refractivity contribution in [3.63, 3.8) is 0 Å². The number of nitrogens with zero attached hydrogens (tertiary/aromatic N) is 1. The molecule has 0 aromatic heterocycles. The highest BCUT2D eigenvalue weighted by molar-refractivity contribution is 9.10. The average molecular weight is 274 g/mol. The number of rotatable bonds is 2. The Labute approximate surface area is 93.6 Å². The second-order valence-corrected chi connectivity index (χ2v) is 3.74. The average Bonchev–Trinajstić information content (AvgIpc) is 2.15. The summed E-state index contributed by atoms with van der Waals surface area (Å²) in [7, 11) is 0. The zero-order chi connectivity index (χ0) is 11.6. The lowest BCUT2D eigenvalue weighted by atomic mass is 10.0. The van der Waals surface area contributed by atoms with Crippen LogP contribution in [0.15, 0.2) is 16.6 Å². The van der Waals surface area contributed by atoms with Crippen molar-refractivity contribution < 1.29 is 13.6 Å². The van der Waals surface area contributed by atoms with Gasteiger partial charge in [0, 0.05) is 15.6 Å². The minimum atomic E-state index is -2.74. The molecule has 0 bridgehead atoms. The van der Waals surface area contributed by atoms with Gasteiger partial charge in [0.1, 0.15) is 0 Å². The van der Waals surface area contributed by atoms with Gasteiger partial charge in [0.15, 0.2) is 5.78 Å². The van der Waals surface area contributed by atoms with E-state index in [1.165, 1.54) is 19.1 Å². The summed E-state index contributed by atoms with van der Waals surface area (Å²) < 4.78 is 25.3. The number of ketones is 1. The second-order valence-electron chi connectivity index (χ2n) is 2.89. The predicted molar refractivity (Wildman–Crippen MR) is 53.8 cm³/mol. The fraction of sp³-hybridized carbons (Fsp3) is 0.200. The smallest absolute Gasteiger partial charge is 0.265 e. The number of carbonyl (C=O) groups excluding carboxylic acids is 1. The third kappa shape index (κ3) is 2.39. The lowest BCUT2D eigenvalue weighted by Crippen LogP contribution is -2.02. The number of alkyl halides is 2. The molecule has 0 unspecified atom stereocenters. The SMILES string of the molecule is CC(=O)c1cc(C#N)cc(Br)c1C(F)F. The molecule has 1 aromatic rings. The van der Waals surface area contributed by atoms with Crippen LogP contribution >= 0.6 is 15.9 Å². The van der Waals surface area contributed by atoms with Crippen molar-refractivity contribution in [3.05, 3.63) is 33.3 Å².